The number of ketones is 1. The first-order valence-corrected chi connectivity index (χ1v) is 36.7. The predicted octanol–water partition coefficient (Wildman–Crippen LogP) is 13.7. The Morgan fingerprint density at radius 1 is 0.656 bits per heavy atom. The third-order valence-electron chi connectivity index (χ3n) is 23.6. The van der Waals surface area contributed by atoms with Gasteiger partial charge in [-0.2, -0.15) is 0 Å². The average Bonchev–Trinajstić information content (AvgIpc) is 0.925. The summed E-state index contributed by atoms with van der Waals surface area (Å²) in [7, 11) is 0. The number of rotatable bonds is 18. The highest BCUT2D eigenvalue weighted by molar-refractivity contribution is 6.42. The summed E-state index contributed by atoms with van der Waals surface area (Å²) >= 11 is 0. The van der Waals surface area contributed by atoms with Crippen LogP contribution in [0.1, 0.15) is 251 Å². The Hall–Kier alpha value is -7.04. The summed E-state index contributed by atoms with van der Waals surface area (Å²) in [6, 6.07) is 11.1. The van der Waals surface area contributed by atoms with Gasteiger partial charge in [-0.1, -0.05) is 93.2 Å². The van der Waals surface area contributed by atoms with E-state index in [1.165, 1.54) is 19.5 Å². The van der Waals surface area contributed by atoms with Crippen LogP contribution in [0.5, 0.6) is 0 Å². The zero-order chi connectivity index (χ0) is 69.3. The van der Waals surface area contributed by atoms with Crippen LogP contribution >= 0.6 is 0 Å². The lowest BCUT2D eigenvalue weighted by Gasteiger charge is -2.62. The highest BCUT2D eigenvalue weighted by Gasteiger charge is 2.50. The largest absolute Gasteiger partial charge is 0.851 e. The number of unbranched alkanes of at least 4 members (excludes halogenated alkanes) is 2. The van der Waals surface area contributed by atoms with Crippen molar-refractivity contribution in [3.63, 3.8) is 0 Å². The molecular weight excluding hydrogens is 1200 g/mol. The van der Waals surface area contributed by atoms with Gasteiger partial charge < -0.3 is 50.9 Å². The van der Waals surface area contributed by atoms with Gasteiger partial charge in [-0.05, 0) is 194 Å². The topological polar surface area (TPSA) is 213 Å². The molecule has 1 saturated heterocycles. The first kappa shape index (κ1) is 70.3. The smallest absolute Gasteiger partial charge is 0.243 e. The predicted molar refractivity (Wildman–Crippen MR) is 384 cm³/mol. The second-order valence-electron chi connectivity index (χ2n) is 30.8. The molecule has 6 aliphatic heterocycles. The van der Waals surface area contributed by atoms with Crippen LogP contribution in [0, 0.1) is 11.8 Å². The molecule has 0 spiro atoms. The van der Waals surface area contributed by atoms with E-state index in [1.807, 2.05) is 26.0 Å². The van der Waals surface area contributed by atoms with Crippen molar-refractivity contribution in [3.05, 3.63) is 109 Å². The van der Waals surface area contributed by atoms with E-state index in [4.69, 9.17) is 0 Å². The number of hydrogen-bond donors (Lipinski definition) is 4. The van der Waals surface area contributed by atoms with Crippen LogP contribution < -0.4 is 40.9 Å². The maximum absolute atomic E-state index is 14.9. The molecule has 2 fully saturated rings. The number of aliphatic hydroxyl groups is 1. The van der Waals surface area contributed by atoms with E-state index in [-0.39, 0.29) is 93.2 Å². The molecule has 12 rings (SSSR count). The zero-order valence-corrected chi connectivity index (χ0v) is 60.4. The lowest BCUT2D eigenvalue weighted by Crippen LogP contribution is -2.64. The number of fused-ring (bicyclic) bond motifs is 2. The van der Waals surface area contributed by atoms with Gasteiger partial charge in [-0.15, -0.1) is 12.2 Å². The Kier molecular flexibility index (Phi) is 20.3. The van der Waals surface area contributed by atoms with Crippen LogP contribution in [-0.2, 0) is 47.6 Å². The molecule has 4 unspecified atom stereocenters. The Bertz CT molecular complexity index is 3650. The van der Waals surface area contributed by atoms with Crippen LogP contribution in [0.25, 0.3) is 5.57 Å². The minimum Gasteiger partial charge on any atom is -0.851 e. The molecule has 4 atom stereocenters. The van der Waals surface area contributed by atoms with E-state index in [9.17, 15) is 39.3 Å². The van der Waals surface area contributed by atoms with Gasteiger partial charge in [0.15, 0.2) is 0 Å². The number of nitrogens with zero attached hydrogens (tertiary/aromatic N) is 5. The van der Waals surface area contributed by atoms with Crippen molar-refractivity contribution in [1.82, 2.24) is 4.90 Å². The molecule has 16 nitrogen and oxygen atoms in total. The summed E-state index contributed by atoms with van der Waals surface area (Å²) in [6.45, 7) is 37.4. The van der Waals surface area contributed by atoms with Gasteiger partial charge in [0.05, 0.1) is 22.5 Å². The second-order valence-corrected chi connectivity index (χ2v) is 30.8. The lowest BCUT2D eigenvalue weighted by atomic mass is 9.61. The number of carbonyl (C=O) groups is 5. The Balaban J connectivity index is 0.000000205. The van der Waals surface area contributed by atoms with Crippen LogP contribution in [-0.4, -0.2) is 108 Å². The fraction of sp³-hybridized carbons (Fsp3) is 0.600. The molecule has 4 amide bonds. The fourth-order valence-electron chi connectivity index (χ4n) is 17.8. The van der Waals surface area contributed by atoms with E-state index < -0.39 is 24.0 Å². The molecule has 518 valence electrons. The van der Waals surface area contributed by atoms with Crippen molar-refractivity contribution in [3.8, 4) is 0 Å². The minimum absolute atomic E-state index is 0.0486. The van der Waals surface area contributed by atoms with Gasteiger partial charge in [-0.25, -0.2) is 4.99 Å². The number of piperidine rings is 1. The number of allylic oxidation sites excluding steroid dienone is 6. The number of amides is 4. The monoisotopic (exact) mass is 1310 g/mol. The van der Waals surface area contributed by atoms with Crippen LogP contribution in [0.2, 0.25) is 0 Å². The number of hydrogen-bond acceptors (Lipinski definition) is 12. The van der Waals surface area contributed by atoms with E-state index in [0.717, 1.165) is 179 Å². The van der Waals surface area contributed by atoms with Gasteiger partial charge in [0.2, 0.25) is 29.4 Å². The lowest BCUT2D eigenvalue weighted by molar-refractivity contribution is -0.535. The molecule has 16 heteroatoms. The third-order valence-corrected chi connectivity index (χ3v) is 23.6. The second kappa shape index (κ2) is 27.7. The highest BCUT2D eigenvalue weighted by atomic mass is 16.3. The first-order valence-electron chi connectivity index (χ1n) is 36.7. The standard InChI is InChI=1S/C48H74N4O4.C32H34N4O4/c1-15-19-21-31(17-3)45(55)49-37-25-39-35(47(11,12)29(9)51(39)27(5)6)23-33(37)41-43(53)42(44(41)54)34-24-36-40(52(28(7)8)30(10)48(36,13)14)26-38(34)50-46(56)32(18-4)22-20-16-2;1-17(37)33-27-21-9-5-13-35-11-3-7-19(29(21)35)15-23(27)25-31(39)26(32(25)40)24-16-20-8-4-12-36-14-6-10-22(30(20)36)28(24)34-18(2)38/h23-32,41-44H,15-22H2,1-14H3,(H,49,55)(H,50,56);15-16,39H,3-14H2,1-2H3,(H,33,37)/q-2;/b;26-24+,34-28?. The first-order chi connectivity index (χ1) is 45.6. The number of aliphatic imine (C=N–C) groups is 1. The Morgan fingerprint density at radius 2 is 1.15 bits per heavy atom. The maximum atomic E-state index is 14.9. The van der Waals surface area contributed by atoms with Crippen molar-refractivity contribution < 1.29 is 39.3 Å². The molecule has 0 bridgehead atoms. The van der Waals surface area contributed by atoms with Crippen LogP contribution in [0.15, 0.2) is 75.1 Å². The number of carbonyl (C=O) groups excluding carboxylic acids is 5. The molecular formula is C80H108N8O8-2. The highest BCUT2D eigenvalue weighted by Crippen LogP contribution is 2.57. The number of anilines is 6. The number of aliphatic hydroxyl groups excluding tert-OH is 1. The molecule has 6 heterocycles. The molecule has 9 aliphatic rings. The molecule has 1 saturated carbocycles. The normalized spacial score (nSPS) is 25.3. The molecule has 0 aromatic heterocycles. The van der Waals surface area contributed by atoms with Crippen molar-refractivity contribution in [2.45, 2.75) is 273 Å². The van der Waals surface area contributed by atoms with Gasteiger partial charge in [0.1, 0.15) is 5.76 Å². The fourth-order valence-corrected chi connectivity index (χ4v) is 17.8. The van der Waals surface area contributed by atoms with E-state index >= 15 is 0 Å². The summed E-state index contributed by atoms with van der Waals surface area (Å²) in [5.41, 5.74) is 15.8. The van der Waals surface area contributed by atoms with Crippen LogP contribution in [0.3, 0.4) is 0 Å². The molecule has 3 aromatic carbocycles. The molecule has 3 aliphatic carbocycles. The Labute approximate surface area is 571 Å². The third kappa shape index (κ3) is 12.3. The SMILES string of the molecule is CC(=O)N=C1C2=C3C(=C/C1=C1\C(=O)C(c4cc5c6c(c4NC(C)=O)CCCN6CCC5)=C1O)CCCN3CCC2.CCCCC(CC)C(=O)Nc1cc2c(cc1C1C([O-])C(c3cc4c(cc3NC(=O)C(CC)CCCC)N(C(C)C)C(C)C4(C)C)C1[O-])C(C)(C)C(C)N2C(C)C. The molecule has 96 heavy (non-hydrogen) atoms. The van der Waals surface area contributed by atoms with Crippen LogP contribution in [0.4, 0.5) is 34.1 Å². The summed E-state index contributed by atoms with van der Waals surface area (Å²) in [5.74, 6) is -2.97. The number of benzene rings is 3. The van der Waals surface area contributed by atoms with Crippen molar-refractivity contribution in [2.75, 3.05) is 56.8 Å². The van der Waals surface area contributed by atoms with Gasteiger partial charge in [0.25, 0.3) is 0 Å². The zero-order valence-electron chi connectivity index (χ0n) is 60.4. The average molecular weight is 1310 g/mol. The number of aryl methyl sites for hydroxylation is 1. The molecule has 4 N–H and O–H groups in total. The van der Waals surface area contributed by atoms with Gasteiger partial charge >= 0.3 is 0 Å². The van der Waals surface area contributed by atoms with E-state index in [0.29, 0.717) is 45.0 Å². The number of nitrogens with one attached hydrogen (secondary N) is 3. The van der Waals surface area contributed by atoms with Gasteiger partial charge in [-0.3, -0.25) is 24.0 Å². The quantitative estimate of drug-likeness (QED) is 0.0876. The van der Waals surface area contributed by atoms with Gasteiger partial charge in [0, 0.05) is 138 Å². The maximum Gasteiger partial charge on any atom is 0.243 e. The summed E-state index contributed by atoms with van der Waals surface area (Å²) in [5, 5.41) is 51.1. The summed E-state index contributed by atoms with van der Waals surface area (Å²) in [6.07, 6.45) is 13.9. The summed E-state index contributed by atoms with van der Waals surface area (Å²) in [4.78, 5) is 80.4. The number of Topliss-reactive ketones (excluding diaryl/α,β-unsaturated/α-hetero) is 1. The van der Waals surface area contributed by atoms with E-state index in [1.54, 1.807) is 0 Å². The Morgan fingerprint density at radius 3 is 1.61 bits per heavy atom. The van der Waals surface area contributed by atoms with Crippen molar-refractivity contribution in [1.29, 1.82) is 0 Å². The minimum atomic E-state index is -1.25. The van der Waals surface area contributed by atoms with Crippen molar-refractivity contribution >= 4 is 74.8 Å². The molecule has 3 aromatic rings. The van der Waals surface area contributed by atoms with Crippen molar-refractivity contribution in [2.24, 2.45) is 16.8 Å². The molecule has 0 radical (unpaired) electrons. The van der Waals surface area contributed by atoms with E-state index in [2.05, 4.69) is 148 Å². The summed E-state index contributed by atoms with van der Waals surface area (Å²) < 4.78 is 0.